The summed E-state index contributed by atoms with van der Waals surface area (Å²) >= 11 is 0. The summed E-state index contributed by atoms with van der Waals surface area (Å²) in [5.41, 5.74) is 1.27. The second-order valence-corrected chi connectivity index (χ2v) is 4.85. The molecule has 0 fully saturated rings. The maximum absolute atomic E-state index is 10.3. The van der Waals surface area contributed by atoms with Gasteiger partial charge in [0, 0.05) is 6.42 Å². The van der Waals surface area contributed by atoms with Crippen molar-refractivity contribution in [3.05, 3.63) is 35.9 Å². The van der Waals surface area contributed by atoms with Crippen LogP contribution in [0.1, 0.15) is 32.3 Å². The average Bonchev–Trinajstić information content (AvgIpc) is 2.28. The molecule has 0 heterocycles. The number of carbonyl (C=O) groups is 1. The third kappa shape index (κ3) is 5.08. The first-order valence-electron chi connectivity index (χ1n) is 5.69. The van der Waals surface area contributed by atoms with E-state index in [1.54, 1.807) is 0 Å². The highest BCUT2D eigenvalue weighted by atomic mass is 16.5. The average molecular weight is 220 g/mol. The maximum Gasteiger partial charge on any atom is 0.120 e. The highest BCUT2D eigenvalue weighted by molar-refractivity contribution is 5.49. The molecule has 2 heteroatoms. The van der Waals surface area contributed by atoms with Crippen LogP contribution in [0.25, 0.3) is 0 Å². The van der Waals surface area contributed by atoms with Crippen LogP contribution in [0.4, 0.5) is 0 Å². The molecule has 0 saturated carbocycles. The van der Waals surface area contributed by atoms with Crippen molar-refractivity contribution in [3.63, 3.8) is 0 Å². The SMILES string of the molecule is CC(C)(CCC=O)COCc1ccccc1. The zero-order valence-corrected chi connectivity index (χ0v) is 10.1. The summed E-state index contributed by atoms with van der Waals surface area (Å²) in [5.74, 6) is 0. The van der Waals surface area contributed by atoms with Gasteiger partial charge in [-0.05, 0) is 17.4 Å². The van der Waals surface area contributed by atoms with Gasteiger partial charge in [-0.25, -0.2) is 0 Å². The number of ether oxygens (including phenoxy) is 1. The van der Waals surface area contributed by atoms with E-state index in [4.69, 9.17) is 4.74 Å². The third-order valence-corrected chi connectivity index (χ3v) is 2.54. The molecule has 0 aliphatic heterocycles. The number of hydrogen-bond acceptors (Lipinski definition) is 2. The molecule has 88 valence electrons. The van der Waals surface area contributed by atoms with Crippen LogP contribution in [-0.4, -0.2) is 12.9 Å². The van der Waals surface area contributed by atoms with Gasteiger partial charge >= 0.3 is 0 Å². The van der Waals surface area contributed by atoms with Crippen LogP contribution in [-0.2, 0) is 16.1 Å². The Morgan fingerprint density at radius 1 is 1.25 bits per heavy atom. The Balaban J connectivity index is 2.27. The lowest BCUT2D eigenvalue weighted by Crippen LogP contribution is -2.19. The van der Waals surface area contributed by atoms with Gasteiger partial charge in [0.15, 0.2) is 0 Å². The fourth-order valence-electron chi connectivity index (χ4n) is 1.54. The summed E-state index contributed by atoms with van der Waals surface area (Å²) in [7, 11) is 0. The van der Waals surface area contributed by atoms with E-state index in [9.17, 15) is 4.79 Å². The van der Waals surface area contributed by atoms with Crippen molar-refractivity contribution in [2.24, 2.45) is 5.41 Å². The van der Waals surface area contributed by atoms with Crippen LogP contribution in [0, 0.1) is 5.41 Å². The van der Waals surface area contributed by atoms with E-state index in [2.05, 4.69) is 26.0 Å². The smallest absolute Gasteiger partial charge is 0.120 e. The molecule has 1 rings (SSSR count). The van der Waals surface area contributed by atoms with Crippen molar-refractivity contribution in [3.8, 4) is 0 Å². The van der Waals surface area contributed by atoms with E-state index in [-0.39, 0.29) is 5.41 Å². The normalized spacial score (nSPS) is 11.4. The quantitative estimate of drug-likeness (QED) is 0.659. The lowest BCUT2D eigenvalue weighted by molar-refractivity contribution is -0.108. The number of rotatable bonds is 7. The monoisotopic (exact) mass is 220 g/mol. The molecule has 1 aromatic rings. The van der Waals surface area contributed by atoms with E-state index in [0.29, 0.717) is 19.6 Å². The Labute approximate surface area is 97.6 Å². The molecule has 0 aliphatic carbocycles. The zero-order valence-electron chi connectivity index (χ0n) is 10.1. The Morgan fingerprint density at radius 3 is 2.56 bits per heavy atom. The van der Waals surface area contributed by atoms with Gasteiger partial charge in [-0.2, -0.15) is 0 Å². The topological polar surface area (TPSA) is 26.3 Å². The van der Waals surface area contributed by atoms with Crippen molar-refractivity contribution in [1.82, 2.24) is 0 Å². The van der Waals surface area contributed by atoms with Gasteiger partial charge in [0.05, 0.1) is 13.2 Å². The Kier molecular flexibility index (Phi) is 5.20. The largest absolute Gasteiger partial charge is 0.376 e. The van der Waals surface area contributed by atoms with E-state index in [1.807, 2.05) is 18.2 Å². The minimum Gasteiger partial charge on any atom is -0.376 e. The zero-order chi connectivity index (χ0) is 11.9. The highest BCUT2D eigenvalue weighted by Gasteiger charge is 2.17. The van der Waals surface area contributed by atoms with Crippen LogP contribution in [0.15, 0.2) is 30.3 Å². The van der Waals surface area contributed by atoms with Crippen LogP contribution in [0.2, 0.25) is 0 Å². The second kappa shape index (κ2) is 6.44. The van der Waals surface area contributed by atoms with E-state index in [0.717, 1.165) is 12.7 Å². The van der Waals surface area contributed by atoms with Gasteiger partial charge in [-0.15, -0.1) is 0 Å². The van der Waals surface area contributed by atoms with Gasteiger partial charge < -0.3 is 9.53 Å². The first kappa shape index (κ1) is 12.9. The molecule has 1 aromatic carbocycles. The van der Waals surface area contributed by atoms with Crippen molar-refractivity contribution in [1.29, 1.82) is 0 Å². The lowest BCUT2D eigenvalue weighted by Gasteiger charge is -2.23. The van der Waals surface area contributed by atoms with Crippen LogP contribution in [0.3, 0.4) is 0 Å². The van der Waals surface area contributed by atoms with E-state index >= 15 is 0 Å². The summed E-state index contributed by atoms with van der Waals surface area (Å²) in [6.45, 7) is 5.59. The molecular formula is C14H20O2. The van der Waals surface area contributed by atoms with Crippen molar-refractivity contribution in [2.45, 2.75) is 33.3 Å². The summed E-state index contributed by atoms with van der Waals surface area (Å²) in [4.78, 5) is 10.3. The summed E-state index contributed by atoms with van der Waals surface area (Å²) in [5, 5.41) is 0. The van der Waals surface area contributed by atoms with Crippen molar-refractivity contribution < 1.29 is 9.53 Å². The first-order chi connectivity index (χ1) is 7.64. The van der Waals surface area contributed by atoms with Crippen LogP contribution >= 0.6 is 0 Å². The van der Waals surface area contributed by atoms with Gasteiger partial charge in [-0.1, -0.05) is 44.2 Å². The molecule has 0 spiro atoms. The van der Waals surface area contributed by atoms with Crippen LogP contribution < -0.4 is 0 Å². The molecule has 2 nitrogen and oxygen atoms in total. The third-order valence-electron chi connectivity index (χ3n) is 2.54. The first-order valence-corrected chi connectivity index (χ1v) is 5.69. The molecule has 0 aliphatic rings. The molecule has 0 N–H and O–H groups in total. The van der Waals surface area contributed by atoms with E-state index < -0.39 is 0 Å². The molecule has 0 bridgehead atoms. The van der Waals surface area contributed by atoms with Gasteiger partial charge in [0.1, 0.15) is 6.29 Å². The minimum atomic E-state index is 0.0791. The van der Waals surface area contributed by atoms with Crippen LogP contribution in [0.5, 0.6) is 0 Å². The second-order valence-electron chi connectivity index (χ2n) is 4.85. The number of benzene rings is 1. The minimum absolute atomic E-state index is 0.0791. The predicted molar refractivity (Wildman–Crippen MR) is 65.2 cm³/mol. The molecule has 0 aromatic heterocycles. The molecule has 0 radical (unpaired) electrons. The number of aldehydes is 1. The molecule has 16 heavy (non-hydrogen) atoms. The Hall–Kier alpha value is -1.15. The molecule has 0 amide bonds. The van der Waals surface area contributed by atoms with Gasteiger partial charge in [0.25, 0.3) is 0 Å². The predicted octanol–water partition coefficient (Wildman–Crippen LogP) is 3.21. The standard InChI is InChI=1S/C14H20O2/c1-14(2,9-6-10-15)12-16-11-13-7-4-3-5-8-13/h3-5,7-8,10H,6,9,11-12H2,1-2H3. The summed E-state index contributed by atoms with van der Waals surface area (Å²) in [6, 6.07) is 10.1. The maximum atomic E-state index is 10.3. The fraction of sp³-hybridized carbons (Fsp3) is 0.500. The van der Waals surface area contributed by atoms with Crippen molar-refractivity contribution in [2.75, 3.05) is 6.61 Å². The summed E-state index contributed by atoms with van der Waals surface area (Å²) in [6.07, 6.45) is 2.46. The Bertz CT molecular complexity index is 304. The van der Waals surface area contributed by atoms with Gasteiger partial charge in [0.2, 0.25) is 0 Å². The summed E-state index contributed by atoms with van der Waals surface area (Å²) < 4.78 is 5.67. The van der Waals surface area contributed by atoms with Crippen molar-refractivity contribution >= 4 is 6.29 Å². The number of carbonyl (C=O) groups excluding carboxylic acids is 1. The number of hydrogen-bond donors (Lipinski definition) is 0. The molecule has 0 atom stereocenters. The highest BCUT2D eigenvalue weighted by Crippen LogP contribution is 2.22. The Morgan fingerprint density at radius 2 is 1.94 bits per heavy atom. The fourth-order valence-corrected chi connectivity index (χ4v) is 1.54. The molecule has 0 unspecified atom stereocenters. The molecular weight excluding hydrogens is 200 g/mol. The van der Waals surface area contributed by atoms with E-state index in [1.165, 1.54) is 5.56 Å². The molecule has 0 saturated heterocycles. The van der Waals surface area contributed by atoms with Gasteiger partial charge in [-0.3, -0.25) is 0 Å². The lowest BCUT2D eigenvalue weighted by atomic mass is 9.89.